The Kier molecular flexibility index (Phi) is 3.34. The van der Waals surface area contributed by atoms with E-state index in [4.69, 9.17) is 5.53 Å². The van der Waals surface area contributed by atoms with Crippen molar-refractivity contribution in [2.45, 2.75) is 6.42 Å². The molecule has 0 spiro atoms. The number of hydrogen-bond donors (Lipinski definition) is 0. The molecule has 0 aliphatic heterocycles. The molecule has 0 saturated heterocycles. The van der Waals surface area contributed by atoms with Crippen molar-refractivity contribution in [2.24, 2.45) is 0 Å². The van der Waals surface area contributed by atoms with Crippen LogP contribution in [0, 0.1) is 0 Å². The van der Waals surface area contributed by atoms with Gasteiger partial charge in [0.25, 0.3) is 0 Å². The second kappa shape index (κ2) is 4.30. The first-order valence-electron chi connectivity index (χ1n) is 4.02. The van der Waals surface area contributed by atoms with Crippen LogP contribution in [0.2, 0.25) is 0 Å². The average molecular weight is 195 g/mol. The van der Waals surface area contributed by atoms with Gasteiger partial charge < -0.3 is 10.4 Å². The Bertz CT molecular complexity index is 309. The molecule has 0 unspecified atom stereocenters. The fourth-order valence-electron chi connectivity index (χ4n) is 1.22. The fourth-order valence-corrected chi connectivity index (χ4v) is 1.70. The third-order valence-electron chi connectivity index (χ3n) is 1.93. The lowest BCUT2D eigenvalue weighted by molar-refractivity contribution is -0.00825. The normalized spacial score (nSPS) is 16.1. The fraction of sp³-hybridized carbons (Fsp3) is 0.444. The van der Waals surface area contributed by atoms with Crippen molar-refractivity contribution in [1.82, 2.24) is 4.90 Å². The average Bonchev–Trinajstić information content (AvgIpc) is 2.16. The van der Waals surface area contributed by atoms with Gasteiger partial charge in [0.2, 0.25) is 0 Å². The summed E-state index contributed by atoms with van der Waals surface area (Å²) in [6.07, 6.45) is 6.79. The van der Waals surface area contributed by atoms with Gasteiger partial charge >= 0.3 is 5.71 Å². The summed E-state index contributed by atoms with van der Waals surface area (Å²) in [5.41, 5.74) is 10.5. The molecule has 0 amide bonds. The first-order valence-corrected chi connectivity index (χ1v) is 5.25. The molecule has 0 heterocycles. The van der Waals surface area contributed by atoms with Gasteiger partial charge in [-0.15, -0.1) is 11.8 Å². The van der Waals surface area contributed by atoms with Crippen molar-refractivity contribution in [1.29, 1.82) is 0 Å². The predicted octanol–water partition coefficient (Wildman–Crippen LogP) is 1.75. The number of rotatable bonds is 2. The zero-order chi connectivity index (χ0) is 9.84. The molecule has 0 saturated carbocycles. The summed E-state index contributed by atoms with van der Waals surface area (Å²) < 4.78 is 0. The van der Waals surface area contributed by atoms with Gasteiger partial charge in [0.15, 0.2) is 0 Å². The molecule has 0 radical (unpaired) electrons. The summed E-state index contributed by atoms with van der Waals surface area (Å²) >= 11 is 1.68. The molecule has 1 rings (SSSR count). The molecule has 0 N–H and O–H groups in total. The summed E-state index contributed by atoms with van der Waals surface area (Å²) in [5.74, 6) is 0. The molecule has 0 aromatic heterocycles. The van der Waals surface area contributed by atoms with Crippen LogP contribution in [0.5, 0.6) is 0 Å². The molecule has 0 aromatic rings. The summed E-state index contributed by atoms with van der Waals surface area (Å²) in [5, 5.41) is 0. The first kappa shape index (κ1) is 10.1. The van der Waals surface area contributed by atoms with E-state index in [2.05, 4.69) is 10.9 Å². The molecule has 0 aromatic carbocycles. The molecule has 1 aliphatic carbocycles. The minimum Gasteiger partial charge on any atom is -0.372 e. The van der Waals surface area contributed by atoms with Crippen LogP contribution in [0.25, 0.3) is 5.53 Å². The van der Waals surface area contributed by atoms with E-state index >= 15 is 0 Å². The molecule has 0 atom stereocenters. The summed E-state index contributed by atoms with van der Waals surface area (Å²) in [6.45, 7) is 0. The van der Waals surface area contributed by atoms with Gasteiger partial charge in [0, 0.05) is 14.1 Å². The smallest absolute Gasteiger partial charge is 0.319 e. The number of thioether (sulfide) groups is 1. The van der Waals surface area contributed by atoms with Crippen molar-refractivity contribution in [3.8, 4) is 0 Å². The number of allylic oxidation sites excluding steroid dienone is 4. The third-order valence-corrected chi connectivity index (χ3v) is 2.73. The van der Waals surface area contributed by atoms with Crippen LogP contribution in [0.1, 0.15) is 6.42 Å². The Labute approximate surface area is 82.7 Å². The van der Waals surface area contributed by atoms with Crippen LogP contribution >= 0.6 is 11.8 Å². The van der Waals surface area contributed by atoms with Gasteiger partial charge in [-0.3, -0.25) is 0 Å². The van der Waals surface area contributed by atoms with Crippen molar-refractivity contribution >= 4 is 17.5 Å². The van der Waals surface area contributed by atoms with E-state index in [0.29, 0.717) is 0 Å². The minimum atomic E-state index is 0.724. The maximum atomic E-state index is 8.81. The van der Waals surface area contributed by atoms with E-state index in [-0.39, 0.29) is 0 Å². The lowest BCUT2D eigenvalue weighted by atomic mass is 10.1. The molecular formula is C9H13N3S. The Morgan fingerprint density at radius 2 is 2.15 bits per heavy atom. The van der Waals surface area contributed by atoms with Crippen LogP contribution < -0.4 is 0 Å². The van der Waals surface area contributed by atoms with E-state index in [1.807, 2.05) is 31.3 Å². The topological polar surface area (TPSA) is 39.6 Å². The highest BCUT2D eigenvalue weighted by molar-refractivity contribution is 8.02. The van der Waals surface area contributed by atoms with Gasteiger partial charge in [-0.1, -0.05) is 0 Å². The van der Waals surface area contributed by atoms with Crippen molar-refractivity contribution in [2.75, 3.05) is 20.4 Å². The zero-order valence-electron chi connectivity index (χ0n) is 8.11. The summed E-state index contributed by atoms with van der Waals surface area (Å²) in [7, 11) is 3.88. The van der Waals surface area contributed by atoms with Crippen molar-refractivity contribution < 1.29 is 4.79 Å². The molecule has 1 aliphatic rings. The monoisotopic (exact) mass is 195 g/mol. The lowest BCUT2D eigenvalue weighted by Gasteiger charge is -2.16. The largest absolute Gasteiger partial charge is 0.372 e. The summed E-state index contributed by atoms with van der Waals surface area (Å²) in [6, 6.07) is 0. The van der Waals surface area contributed by atoms with E-state index < -0.39 is 0 Å². The minimum absolute atomic E-state index is 0.724. The van der Waals surface area contributed by atoms with Gasteiger partial charge in [0.05, 0.1) is 6.42 Å². The third kappa shape index (κ3) is 2.23. The predicted molar refractivity (Wildman–Crippen MR) is 56.6 cm³/mol. The van der Waals surface area contributed by atoms with Gasteiger partial charge in [-0.25, -0.2) is 0 Å². The Balaban J connectivity index is 3.00. The van der Waals surface area contributed by atoms with Crippen LogP contribution in [-0.2, 0) is 0 Å². The maximum Gasteiger partial charge on any atom is 0.319 e. The lowest BCUT2D eigenvalue weighted by Crippen LogP contribution is -2.21. The van der Waals surface area contributed by atoms with Crippen LogP contribution in [-0.4, -0.2) is 35.8 Å². The van der Waals surface area contributed by atoms with Gasteiger partial charge in [0.1, 0.15) is 5.70 Å². The van der Waals surface area contributed by atoms with Crippen LogP contribution in [0.4, 0.5) is 0 Å². The van der Waals surface area contributed by atoms with Crippen LogP contribution in [0.3, 0.4) is 0 Å². The second-order valence-corrected chi connectivity index (χ2v) is 3.94. The van der Waals surface area contributed by atoms with Crippen LogP contribution in [0.15, 0.2) is 22.8 Å². The number of hydrogen-bond acceptors (Lipinski definition) is 2. The Morgan fingerprint density at radius 1 is 1.46 bits per heavy atom. The SMILES string of the molecule is CSC1=CC=C(N(C)C)C(=[N+]=[N-])C1. The molecule has 13 heavy (non-hydrogen) atoms. The van der Waals surface area contributed by atoms with Crippen molar-refractivity contribution in [3.63, 3.8) is 0 Å². The highest BCUT2D eigenvalue weighted by atomic mass is 32.2. The molecular weight excluding hydrogens is 182 g/mol. The number of nitrogens with zero attached hydrogens (tertiary/aromatic N) is 3. The maximum absolute atomic E-state index is 8.81. The van der Waals surface area contributed by atoms with Gasteiger partial charge in [-0.2, -0.15) is 4.79 Å². The molecule has 3 nitrogen and oxygen atoms in total. The van der Waals surface area contributed by atoms with Gasteiger partial charge in [-0.05, 0) is 23.3 Å². The standard InChI is InChI=1S/C9H13N3S/c1-12(2)9-5-4-7(13-3)6-8(9)11-10/h4-5H,6H2,1-3H3. The quantitative estimate of drug-likeness (QED) is 0.497. The zero-order valence-corrected chi connectivity index (χ0v) is 8.93. The highest BCUT2D eigenvalue weighted by Crippen LogP contribution is 2.23. The Hall–Kier alpha value is -0.990. The van der Waals surface area contributed by atoms with Crippen molar-refractivity contribution in [3.05, 3.63) is 28.3 Å². The Morgan fingerprint density at radius 3 is 2.62 bits per heavy atom. The molecule has 0 fully saturated rings. The molecule has 4 heteroatoms. The first-order chi connectivity index (χ1) is 6.19. The molecule has 0 bridgehead atoms. The highest BCUT2D eigenvalue weighted by Gasteiger charge is 2.21. The molecule has 70 valence electrons. The van der Waals surface area contributed by atoms with E-state index in [9.17, 15) is 0 Å². The van der Waals surface area contributed by atoms with E-state index in [0.717, 1.165) is 17.8 Å². The summed E-state index contributed by atoms with van der Waals surface area (Å²) in [4.78, 5) is 6.47. The van der Waals surface area contributed by atoms with E-state index in [1.165, 1.54) is 4.91 Å². The second-order valence-electron chi connectivity index (χ2n) is 3.01. The van der Waals surface area contributed by atoms with E-state index in [1.54, 1.807) is 11.8 Å².